The van der Waals surface area contributed by atoms with Crippen LogP contribution >= 0.6 is 11.3 Å². The molecule has 2 heterocycles. The molecule has 2 amide bonds. The maximum atomic E-state index is 14.1. The SMILES string of the molecule is CCCN(Cc1cccn1Cc1nc(C(=O)NC2CC2)cs1)C(=O)c1ccccc1F. The van der Waals surface area contributed by atoms with Crippen LogP contribution in [0.15, 0.2) is 48.0 Å². The highest BCUT2D eigenvalue weighted by Gasteiger charge is 2.25. The van der Waals surface area contributed by atoms with Gasteiger partial charge in [0, 0.05) is 29.9 Å². The molecular formula is C23H25FN4O2S. The van der Waals surface area contributed by atoms with E-state index in [4.69, 9.17) is 0 Å². The highest BCUT2D eigenvalue weighted by Crippen LogP contribution is 2.21. The molecule has 3 aromatic rings. The quantitative estimate of drug-likeness (QED) is 0.545. The molecule has 0 atom stereocenters. The van der Waals surface area contributed by atoms with Gasteiger partial charge >= 0.3 is 0 Å². The number of nitrogens with zero attached hydrogens (tertiary/aromatic N) is 3. The van der Waals surface area contributed by atoms with E-state index in [1.165, 1.54) is 23.5 Å². The Morgan fingerprint density at radius 1 is 1.26 bits per heavy atom. The Balaban J connectivity index is 1.46. The van der Waals surface area contributed by atoms with E-state index in [9.17, 15) is 14.0 Å². The summed E-state index contributed by atoms with van der Waals surface area (Å²) in [6.07, 6.45) is 4.77. The molecule has 0 unspecified atom stereocenters. The van der Waals surface area contributed by atoms with Crippen LogP contribution in [0.5, 0.6) is 0 Å². The van der Waals surface area contributed by atoms with E-state index < -0.39 is 5.82 Å². The van der Waals surface area contributed by atoms with Gasteiger partial charge < -0.3 is 14.8 Å². The summed E-state index contributed by atoms with van der Waals surface area (Å²) in [5, 5.41) is 5.55. The van der Waals surface area contributed by atoms with Crippen molar-refractivity contribution >= 4 is 23.2 Å². The summed E-state index contributed by atoms with van der Waals surface area (Å²) >= 11 is 1.44. The fourth-order valence-electron chi connectivity index (χ4n) is 3.39. The average molecular weight is 441 g/mol. The molecule has 8 heteroatoms. The largest absolute Gasteiger partial charge is 0.348 e. The van der Waals surface area contributed by atoms with E-state index >= 15 is 0 Å². The summed E-state index contributed by atoms with van der Waals surface area (Å²) < 4.78 is 16.2. The lowest BCUT2D eigenvalue weighted by Gasteiger charge is -2.23. The normalized spacial score (nSPS) is 13.2. The van der Waals surface area contributed by atoms with E-state index in [0.29, 0.717) is 31.4 Å². The summed E-state index contributed by atoms with van der Waals surface area (Å²) in [4.78, 5) is 31.3. The van der Waals surface area contributed by atoms with Crippen molar-refractivity contribution in [3.63, 3.8) is 0 Å². The molecular weight excluding hydrogens is 415 g/mol. The molecule has 2 aromatic heterocycles. The Morgan fingerprint density at radius 2 is 2.06 bits per heavy atom. The Hall–Kier alpha value is -3.00. The Kier molecular flexibility index (Phi) is 6.46. The molecule has 31 heavy (non-hydrogen) atoms. The Bertz CT molecular complexity index is 1070. The van der Waals surface area contributed by atoms with Crippen LogP contribution in [-0.4, -0.2) is 38.9 Å². The predicted octanol–water partition coefficient (Wildman–Crippen LogP) is 4.08. The minimum absolute atomic E-state index is 0.0836. The van der Waals surface area contributed by atoms with Crippen molar-refractivity contribution in [2.45, 2.75) is 45.3 Å². The molecule has 6 nitrogen and oxygen atoms in total. The van der Waals surface area contributed by atoms with Gasteiger partial charge in [0.2, 0.25) is 0 Å². The van der Waals surface area contributed by atoms with Gasteiger partial charge in [-0.1, -0.05) is 19.1 Å². The van der Waals surface area contributed by atoms with E-state index in [1.54, 1.807) is 22.4 Å². The first-order valence-electron chi connectivity index (χ1n) is 10.5. The number of carbonyl (C=O) groups excluding carboxylic acids is 2. The second-order valence-corrected chi connectivity index (χ2v) is 8.65. The molecule has 0 saturated heterocycles. The number of nitrogens with one attached hydrogen (secondary N) is 1. The number of halogens is 1. The van der Waals surface area contributed by atoms with Crippen molar-refractivity contribution in [2.75, 3.05) is 6.54 Å². The lowest BCUT2D eigenvalue weighted by Crippen LogP contribution is -2.32. The summed E-state index contributed by atoms with van der Waals surface area (Å²) in [7, 11) is 0. The van der Waals surface area contributed by atoms with Gasteiger partial charge in [0.05, 0.1) is 18.7 Å². The van der Waals surface area contributed by atoms with Crippen molar-refractivity contribution in [1.29, 1.82) is 0 Å². The number of carbonyl (C=O) groups is 2. The van der Waals surface area contributed by atoms with Crippen LogP contribution in [0.25, 0.3) is 0 Å². The molecule has 1 aromatic carbocycles. The lowest BCUT2D eigenvalue weighted by atomic mass is 10.1. The van der Waals surface area contributed by atoms with Crippen LogP contribution in [0.3, 0.4) is 0 Å². The van der Waals surface area contributed by atoms with Gasteiger partial charge in [-0.2, -0.15) is 0 Å². The maximum Gasteiger partial charge on any atom is 0.270 e. The Labute approximate surface area is 184 Å². The third-order valence-corrected chi connectivity index (χ3v) is 6.00. The van der Waals surface area contributed by atoms with Crippen molar-refractivity contribution in [1.82, 2.24) is 19.8 Å². The van der Waals surface area contributed by atoms with Crippen LogP contribution in [0, 0.1) is 5.82 Å². The van der Waals surface area contributed by atoms with Crippen LogP contribution in [0.1, 0.15) is 57.7 Å². The first-order valence-corrected chi connectivity index (χ1v) is 11.4. The van der Waals surface area contributed by atoms with Crippen molar-refractivity contribution < 1.29 is 14.0 Å². The van der Waals surface area contributed by atoms with Crippen LogP contribution in [0.2, 0.25) is 0 Å². The smallest absolute Gasteiger partial charge is 0.270 e. The molecule has 1 saturated carbocycles. The van der Waals surface area contributed by atoms with E-state index in [0.717, 1.165) is 30.0 Å². The zero-order valence-corrected chi connectivity index (χ0v) is 18.2. The molecule has 162 valence electrons. The number of thiazole rings is 1. The summed E-state index contributed by atoms with van der Waals surface area (Å²) in [6, 6.07) is 10.2. The molecule has 4 rings (SSSR count). The summed E-state index contributed by atoms with van der Waals surface area (Å²) in [5.41, 5.74) is 1.46. The minimum atomic E-state index is -0.510. The highest BCUT2D eigenvalue weighted by atomic mass is 32.1. The summed E-state index contributed by atoms with van der Waals surface area (Å²) in [6.45, 7) is 3.40. The number of hydrogen-bond acceptors (Lipinski definition) is 4. The van der Waals surface area contributed by atoms with Gasteiger partial charge in [-0.25, -0.2) is 9.37 Å². The topological polar surface area (TPSA) is 67.2 Å². The third kappa shape index (κ3) is 5.19. The zero-order chi connectivity index (χ0) is 21.8. The van der Waals surface area contributed by atoms with Gasteiger partial charge in [0.25, 0.3) is 11.8 Å². The molecule has 0 aliphatic heterocycles. The van der Waals surface area contributed by atoms with Gasteiger partial charge in [-0.3, -0.25) is 9.59 Å². The third-order valence-electron chi connectivity index (χ3n) is 5.16. The molecule has 0 spiro atoms. The fraction of sp³-hybridized carbons (Fsp3) is 0.348. The molecule has 0 bridgehead atoms. The number of amides is 2. The monoisotopic (exact) mass is 440 g/mol. The lowest BCUT2D eigenvalue weighted by molar-refractivity contribution is 0.0734. The van der Waals surface area contributed by atoms with Crippen LogP contribution in [-0.2, 0) is 13.1 Å². The number of rotatable bonds is 9. The van der Waals surface area contributed by atoms with Gasteiger partial charge in [-0.15, -0.1) is 11.3 Å². The average Bonchev–Trinajstić information content (AvgIpc) is 3.27. The van der Waals surface area contributed by atoms with Crippen molar-refractivity contribution in [2.24, 2.45) is 0 Å². The first kappa shape index (κ1) is 21.2. The van der Waals surface area contributed by atoms with Crippen LogP contribution < -0.4 is 5.32 Å². The number of hydrogen-bond donors (Lipinski definition) is 1. The fourth-order valence-corrected chi connectivity index (χ4v) is 4.16. The highest BCUT2D eigenvalue weighted by molar-refractivity contribution is 7.09. The second kappa shape index (κ2) is 9.43. The van der Waals surface area contributed by atoms with Crippen LogP contribution in [0.4, 0.5) is 4.39 Å². The molecule has 1 fully saturated rings. The molecule has 1 aliphatic rings. The van der Waals surface area contributed by atoms with E-state index in [2.05, 4.69) is 10.3 Å². The minimum Gasteiger partial charge on any atom is -0.348 e. The van der Waals surface area contributed by atoms with E-state index in [-0.39, 0.29) is 17.4 Å². The molecule has 1 N–H and O–H groups in total. The maximum absolute atomic E-state index is 14.1. The first-order chi connectivity index (χ1) is 15.0. The van der Waals surface area contributed by atoms with Crippen molar-refractivity contribution in [3.05, 3.63) is 75.8 Å². The molecule has 1 aliphatic carbocycles. The van der Waals surface area contributed by atoms with E-state index in [1.807, 2.05) is 29.8 Å². The van der Waals surface area contributed by atoms with Gasteiger partial charge in [-0.05, 0) is 43.5 Å². The standard InChI is InChI=1S/C23H25FN4O2S/c1-2-11-28(23(30)18-7-3-4-8-19(18)24)13-17-6-5-12-27(17)14-21-26-20(15-31-21)22(29)25-16-9-10-16/h3-8,12,15-16H,2,9-11,13-14H2,1H3,(H,25,29). The van der Waals surface area contributed by atoms with Gasteiger partial charge in [0.1, 0.15) is 16.5 Å². The number of aromatic nitrogens is 2. The van der Waals surface area contributed by atoms with Gasteiger partial charge in [0.15, 0.2) is 0 Å². The molecule has 0 radical (unpaired) electrons. The predicted molar refractivity (Wildman–Crippen MR) is 118 cm³/mol. The zero-order valence-electron chi connectivity index (χ0n) is 17.4. The van der Waals surface area contributed by atoms with Crippen molar-refractivity contribution in [3.8, 4) is 0 Å². The second-order valence-electron chi connectivity index (χ2n) is 7.71. The summed E-state index contributed by atoms with van der Waals surface area (Å²) in [5.74, 6) is -0.952. The Morgan fingerprint density at radius 3 is 2.81 bits per heavy atom. The number of benzene rings is 1.